The minimum Gasteiger partial charge on any atom is -0.409 e. The third kappa shape index (κ3) is 2.69. The Morgan fingerprint density at radius 3 is 2.68 bits per heavy atom. The lowest BCUT2D eigenvalue weighted by atomic mass is 9.68. The van der Waals surface area contributed by atoms with Gasteiger partial charge in [0.15, 0.2) is 5.84 Å². The van der Waals surface area contributed by atoms with Crippen molar-refractivity contribution in [1.82, 2.24) is 4.90 Å². The fourth-order valence-corrected chi connectivity index (χ4v) is 3.56. The largest absolute Gasteiger partial charge is 0.409 e. The highest BCUT2D eigenvalue weighted by Gasteiger charge is 2.42. The van der Waals surface area contributed by atoms with Crippen molar-refractivity contribution in [3.63, 3.8) is 0 Å². The van der Waals surface area contributed by atoms with Gasteiger partial charge in [0, 0.05) is 12.5 Å². The van der Waals surface area contributed by atoms with E-state index in [2.05, 4.69) is 19.0 Å². The lowest BCUT2D eigenvalue weighted by Gasteiger charge is -2.40. The van der Waals surface area contributed by atoms with E-state index in [0.29, 0.717) is 0 Å². The molecule has 1 saturated heterocycles. The summed E-state index contributed by atoms with van der Waals surface area (Å²) in [4.78, 5) is 14.6. The molecule has 1 heterocycles. The van der Waals surface area contributed by atoms with E-state index in [4.69, 9.17) is 10.9 Å². The molecule has 5 heteroatoms. The second kappa shape index (κ2) is 5.39. The fraction of sp³-hybridized carbons (Fsp3) is 0.857. The Morgan fingerprint density at radius 1 is 1.32 bits per heavy atom. The molecule has 1 aliphatic carbocycles. The summed E-state index contributed by atoms with van der Waals surface area (Å²) >= 11 is 0. The lowest BCUT2D eigenvalue weighted by Crippen LogP contribution is -2.49. The van der Waals surface area contributed by atoms with Crippen LogP contribution in [-0.4, -0.2) is 34.4 Å². The van der Waals surface area contributed by atoms with Gasteiger partial charge in [-0.25, -0.2) is 0 Å². The van der Waals surface area contributed by atoms with Crippen molar-refractivity contribution in [3.8, 4) is 0 Å². The maximum atomic E-state index is 12.8. The Bertz CT molecular complexity index is 379. The zero-order valence-corrected chi connectivity index (χ0v) is 11.9. The van der Waals surface area contributed by atoms with E-state index in [1.54, 1.807) is 0 Å². The van der Waals surface area contributed by atoms with Crippen LogP contribution in [0.4, 0.5) is 0 Å². The summed E-state index contributed by atoms with van der Waals surface area (Å²) < 4.78 is 0. The number of nitrogens with two attached hydrogens (primary N) is 1. The van der Waals surface area contributed by atoms with Gasteiger partial charge in [0.1, 0.15) is 0 Å². The quantitative estimate of drug-likeness (QED) is 0.347. The highest BCUT2D eigenvalue weighted by Crippen LogP contribution is 2.42. The number of hydrogen-bond acceptors (Lipinski definition) is 3. The molecule has 19 heavy (non-hydrogen) atoms. The van der Waals surface area contributed by atoms with Gasteiger partial charge in [-0.3, -0.25) is 4.79 Å². The van der Waals surface area contributed by atoms with Crippen molar-refractivity contribution in [2.75, 3.05) is 6.54 Å². The summed E-state index contributed by atoms with van der Waals surface area (Å²) in [6.07, 6.45) is 6.13. The third-order valence-corrected chi connectivity index (χ3v) is 4.80. The number of likely N-dealkylation sites (tertiary alicyclic amines) is 1. The Hall–Kier alpha value is -1.26. The minimum atomic E-state index is -0.213. The van der Waals surface area contributed by atoms with Gasteiger partial charge >= 0.3 is 0 Å². The van der Waals surface area contributed by atoms with Gasteiger partial charge in [-0.15, -0.1) is 0 Å². The number of carbonyl (C=O) groups excluding carboxylic acids is 1. The molecule has 3 N–H and O–H groups in total. The van der Waals surface area contributed by atoms with Gasteiger partial charge in [-0.2, -0.15) is 0 Å². The Kier molecular flexibility index (Phi) is 4.02. The van der Waals surface area contributed by atoms with Crippen LogP contribution in [0.1, 0.15) is 52.4 Å². The first-order valence-electron chi connectivity index (χ1n) is 7.25. The van der Waals surface area contributed by atoms with Crippen LogP contribution >= 0.6 is 0 Å². The number of amides is 1. The smallest absolute Gasteiger partial charge is 0.226 e. The number of amidine groups is 1. The van der Waals surface area contributed by atoms with Crippen molar-refractivity contribution in [2.45, 2.75) is 58.4 Å². The standard InChI is InChI=1S/C14H25N3O2/c1-14(2)8-4-3-6-10(14)13(18)17-9-5-7-11(17)12(15)16-19/h10-11,19H,3-9H2,1-2H3,(H2,15,16). The van der Waals surface area contributed by atoms with Crippen LogP contribution in [0.5, 0.6) is 0 Å². The predicted octanol–water partition coefficient (Wildman–Crippen LogP) is 1.94. The first kappa shape index (κ1) is 14.2. The van der Waals surface area contributed by atoms with E-state index < -0.39 is 0 Å². The zero-order valence-electron chi connectivity index (χ0n) is 11.9. The molecule has 0 bridgehead atoms. The second-order valence-electron chi connectivity index (χ2n) is 6.50. The number of rotatable bonds is 2. The van der Waals surface area contributed by atoms with Crippen molar-refractivity contribution in [1.29, 1.82) is 0 Å². The van der Waals surface area contributed by atoms with Gasteiger partial charge < -0.3 is 15.8 Å². The summed E-state index contributed by atoms with van der Waals surface area (Å²) in [6, 6.07) is -0.213. The van der Waals surface area contributed by atoms with Crippen LogP contribution in [0, 0.1) is 11.3 Å². The topological polar surface area (TPSA) is 78.9 Å². The molecular weight excluding hydrogens is 242 g/mol. The fourth-order valence-electron chi connectivity index (χ4n) is 3.56. The monoisotopic (exact) mass is 267 g/mol. The molecule has 2 rings (SSSR count). The second-order valence-corrected chi connectivity index (χ2v) is 6.50. The van der Waals surface area contributed by atoms with E-state index in [-0.39, 0.29) is 29.1 Å². The van der Waals surface area contributed by atoms with Gasteiger partial charge in [-0.1, -0.05) is 31.8 Å². The number of carbonyl (C=O) groups is 1. The molecule has 2 unspecified atom stereocenters. The van der Waals surface area contributed by atoms with Crippen molar-refractivity contribution >= 4 is 11.7 Å². The highest BCUT2D eigenvalue weighted by molar-refractivity contribution is 5.91. The molecule has 2 aliphatic rings. The van der Waals surface area contributed by atoms with Crippen LogP contribution in [0.25, 0.3) is 0 Å². The van der Waals surface area contributed by atoms with Crippen LogP contribution < -0.4 is 5.73 Å². The normalized spacial score (nSPS) is 31.5. The SMILES string of the molecule is CC1(C)CCCCC1C(=O)N1CCCC1C(N)=NO. The van der Waals surface area contributed by atoms with Crippen molar-refractivity contribution in [2.24, 2.45) is 22.2 Å². The average molecular weight is 267 g/mol. The molecule has 1 saturated carbocycles. The van der Waals surface area contributed by atoms with Crippen LogP contribution in [-0.2, 0) is 4.79 Å². The molecule has 5 nitrogen and oxygen atoms in total. The first-order chi connectivity index (χ1) is 8.97. The van der Waals surface area contributed by atoms with E-state index in [0.717, 1.165) is 38.6 Å². The van der Waals surface area contributed by atoms with E-state index in [1.165, 1.54) is 6.42 Å². The summed E-state index contributed by atoms with van der Waals surface area (Å²) in [5.41, 5.74) is 5.77. The molecule has 1 aliphatic heterocycles. The molecule has 2 atom stereocenters. The number of oxime groups is 1. The van der Waals surface area contributed by atoms with Crippen molar-refractivity contribution < 1.29 is 10.0 Å². The van der Waals surface area contributed by atoms with Gasteiger partial charge in [0.05, 0.1) is 6.04 Å². The molecule has 108 valence electrons. The summed E-state index contributed by atoms with van der Waals surface area (Å²) in [5.74, 6) is 0.437. The summed E-state index contributed by atoms with van der Waals surface area (Å²) in [6.45, 7) is 5.10. The van der Waals surface area contributed by atoms with E-state index in [1.807, 2.05) is 4.90 Å². The Labute approximate surface area is 114 Å². The molecule has 0 aromatic heterocycles. The molecule has 1 amide bonds. The predicted molar refractivity (Wildman–Crippen MR) is 73.9 cm³/mol. The van der Waals surface area contributed by atoms with Gasteiger partial charge in [-0.05, 0) is 31.1 Å². The maximum absolute atomic E-state index is 12.8. The van der Waals surface area contributed by atoms with Crippen molar-refractivity contribution in [3.05, 3.63) is 0 Å². The maximum Gasteiger partial charge on any atom is 0.226 e. The Balaban J connectivity index is 2.14. The highest BCUT2D eigenvalue weighted by atomic mass is 16.4. The molecule has 0 aromatic rings. The van der Waals surface area contributed by atoms with Gasteiger partial charge in [0.2, 0.25) is 5.91 Å². The van der Waals surface area contributed by atoms with Gasteiger partial charge in [0.25, 0.3) is 0 Å². The summed E-state index contributed by atoms with van der Waals surface area (Å²) in [7, 11) is 0. The van der Waals surface area contributed by atoms with Crippen LogP contribution in [0.2, 0.25) is 0 Å². The molecule has 0 aromatic carbocycles. The molecule has 0 spiro atoms. The minimum absolute atomic E-state index is 0.0631. The molecular formula is C14H25N3O2. The number of hydrogen-bond donors (Lipinski definition) is 2. The first-order valence-corrected chi connectivity index (χ1v) is 7.25. The van der Waals surface area contributed by atoms with Crippen LogP contribution in [0.15, 0.2) is 5.16 Å². The Morgan fingerprint density at radius 2 is 2.05 bits per heavy atom. The third-order valence-electron chi connectivity index (χ3n) is 4.80. The van der Waals surface area contributed by atoms with E-state index in [9.17, 15) is 4.79 Å². The molecule has 0 radical (unpaired) electrons. The lowest BCUT2D eigenvalue weighted by molar-refractivity contribution is -0.141. The zero-order chi connectivity index (χ0) is 14.0. The average Bonchev–Trinajstić information content (AvgIpc) is 2.85. The number of nitrogens with zero attached hydrogens (tertiary/aromatic N) is 2. The van der Waals surface area contributed by atoms with Crippen LogP contribution in [0.3, 0.4) is 0 Å². The molecule has 2 fully saturated rings. The summed E-state index contributed by atoms with van der Waals surface area (Å²) in [5, 5.41) is 11.9. The van der Waals surface area contributed by atoms with E-state index >= 15 is 0 Å².